The third-order valence-electron chi connectivity index (χ3n) is 3.73. The van der Waals surface area contributed by atoms with Crippen LogP contribution in [0.4, 0.5) is 4.79 Å². The molecule has 1 saturated heterocycles. The summed E-state index contributed by atoms with van der Waals surface area (Å²) in [6.07, 6.45) is 0.247. The van der Waals surface area contributed by atoms with E-state index in [-0.39, 0.29) is 19.1 Å². The van der Waals surface area contributed by atoms with Crippen molar-refractivity contribution in [1.82, 2.24) is 4.90 Å². The van der Waals surface area contributed by atoms with E-state index in [1.807, 2.05) is 37.3 Å². The molecule has 0 aliphatic carbocycles. The maximum absolute atomic E-state index is 11.9. The number of benzene rings is 1. The Morgan fingerprint density at radius 3 is 2.50 bits per heavy atom. The van der Waals surface area contributed by atoms with E-state index in [1.165, 1.54) is 4.90 Å². The average Bonchev–Trinajstić information content (AvgIpc) is 2.90. The first-order chi connectivity index (χ1) is 9.61. The molecule has 1 fully saturated rings. The summed E-state index contributed by atoms with van der Waals surface area (Å²) in [4.78, 5) is 24.4. The molecule has 1 radical (unpaired) electrons. The van der Waals surface area contributed by atoms with Crippen LogP contribution in [0.15, 0.2) is 30.3 Å². The predicted octanol–water partition coefficient (Wildman–Crippen LogP) is 2.24. The highest BCUT2D eigenvalue weighted by atomic mass is 16.6. The van der Waals surface area contributed by atoms with Gasteiger partial charge in [-0.3, -0.25) is 0 Å². The monoisotopic (exact) mass is 276 g/mol. The van der Waals surface area contributed by atoms with Crippen LogP contribution in [0.1, 0.15) is 18.9 Å². The summed E-state index contributed by atoms with van der Waals surface area (Å²) < 4.78 is 5.21. The molecular formula is C15H18NO4. The van der Waals surface area contributed by atoms with Crippen molar-refractivity contribution in [3.8, 4) is 0 Å². The van der Waals surface area contributed by atoms with Crippen LogP contribution < -0.4 is 0 Å². The van der Waals surface area contributed by atoms with Gasteiger partial charge in [-0.15, -0.1) is 0 Å². The summed E-state index contributed by atoms with van der Waals surface area (Å²) >= 11 is 0. The Labute approximate surface area is 118 Å². The van der Waals surface area contributed by atoms with Gasteiger partial charge in [0.25, 0.3) is 0 Å². The Balaban J connectivity index is 1.89. The quantitative estimate of drug-likeness (QED) is 0.847. The van der Waals surface area contributed by atoms with Gasteiger partial charge < -0.3 is 9.64 Å². The molecular weight excluding hydrogens is 258 g/mol. The summed E-state index contributed by atoms with van der Waals surface area (Å²) in [6.45, 7) is 2.71. The number of amides is 1. The van der Waals surface area contributed by atoms with Gasteiger partial charge >= 0.3 is 12.1 Å². The van der Waals surface area contributed by atoms with Crippen molar-refractivity contribution in [3.05, 3.63) is 35.9 Å². The van der Waals surface area contributed by atoms with E-state index < -0.39 is 18.0 Å². The van der Waals surface area contributed by atoms with Crippen LogP contribution in [0.2, 0.25) is 0 Å². The highest BCUT2D eigenvalue weighted by molar-refractivity contribution is 5.74. The average molecular weight is 276 g/mol. The molecule has 2 atom stereocenters. The van der Waals surface area contributed by atoms with Crippen LogP contribution in [0, 0.1) is 11.8 Å². The molecule has 0 aromatic heterocycles. The second kappa shape index (κ2) is 6.41. The number of carbonyl (C=O) groups is 2. The molecule has 20 heavy (non-hydrogen) atoms. The molecule has 2 rings (SSSR count). The summed E-state index contributed by atoms with van der Waals surface area (Å²) in [5.41, 5.74) is 0.906. The SMILES string of the molecule is CC[C@@H]1CN(C(=O)OCc2ccccc2)C[C@@H]1C([O])=O. The van der Waals surface area contributed by atoms with Crippen molar-refractivity contribution in [3.63, 3.8) is 0 Å². The number of nitrogens with zero attached hydrogens (tertiary/aromatic N) is 1. The molecule has 0 unspecified atom stereocenters. The van der Waals surface area contributed by atoms with Crippen molar-refractivity contribution >= 4 is 12.1 Å². The van der Waals surface area contributed by atoms with Crippen LogP contribution in [-0.2, 0) is 21.2 Å². The third kappa shape index (κ3) is 3.29. The van der Waals surface area contributed by atoms with Crippen molar-refractivity contribution < 1.29 is 19.4 Å². The number of hydrogen-bond acceptors (Lipinski definition) is 3. The van der Waals surface area contributed by atoms with Crippen LogP contribution in [0.25, 0.3) is 0 Å². The number of carbonyl (C=O) groups excluding carboxylic acids is 2. The fraction of sp³-hybridized carbons (Fsp3) is 0.467. The van der Waals surface area contributed by atoms with Gasteiger partial charge in [-0.25, -0.2) is 14.7 Å². The Morgan fingerprint density at radius 2 is 1.95 bits per heavy atom. The summed E-state index contributed by atoms with van der Waals surface area (Å²) in [6, 6.07) is 9.38. The van der Waals surface area contributed by atoms with Gasteiger partial charge in [-0.1, -0.05) is 43.7 Å². The fourth-order valence-corrected chi connectivity index (χ4v) is 2.51. The zero-order chi connectivity index (χ0) is 14.5. The highest BCUT2D eigenvalue weighted by Gasteiger charge is 2.40. The molecule has 5 heteroatoms. The Bertz CT molecular complexity index is 474. The van der Waals surface area contributed by atoms with Gasteiger partial charge in [0.05, 0.1) is 5.92 Å². The Morgan fingerprint density at radius 1 is 1.25 bits per heavy atom. The molecule has 1 aromatic carbocycles. The minimum Gasteiger partial charge on any atom is -0.445 e. The Hall–Kier alpha value is -2.04. The van der Waals surface area contributed by atoms with E-state index >= 15 is 0 Å². The zero-order valence-corrected chi connectivity index (χ0v) is 11.5. The molecule has 0 spiro atoms. The van der Waals surface area contributed by atoms with Crippen molar-refractivity contribution in [2.45, 2.75) is 20.0 Å². The van der Waals surface area contributed by atoms with Crippen LogP contribution >= 0.6 is 0 Å². The molecule has 0 N–H and O–H groups in total. The normalized spacial score (nSPS) is 21.8. The lowest BCUT2D eigenvalue weighted by Crippen LogP contribution is -2.30. The molecule has 1 aliphatic heterocycles. The van der Waals surface area contributed by atoms with Crippen molar-refractivity contribution in [2.75, 3.05) is 13.1 Å². The van der Waals surface area contributed by atoms with E-state index in [0.717, 1.165) is 5.56 Å². The van der Waals surface area contributed by atoms with E-state index in [4.69, 9.17) is 4.74 Å². The molecule has 1 aromatic rings. The van der Waals surface area contributed by atoms with Crippen LogP contribution in [-0.4, -0.2) is 30.1 Å². The number of hydrogen-bond donors (Lipinski definition) is 0. The maximum atomic E-state index is 11.9. The first-order valence-corrected chi connectivity index (χ1v) is 6.78. The third-order valence-corrected chi connectivity index (χ3v) is 3.73. The number of ether oxygens (including phenoxy) is 1. The lowest BCUT2D eigenvalue weighted by Gasteiger charge is -2.15. The van der Waals surface area contributed by atoms with Gasteiger partial charge in [0.15, 0.2) is 0 Å². The lowest BCUT2D eigenvalue weighted by atomic mass is 9.94. The van der Waals surface area contributed by atoms with Crippen molar-refractivity contribution in [2.24, 2.45) is 11.8 Å². The fourth-order valence-electron chi connectivity index (χ4n) is 2.51. The van der Waals surface area contributed by atoms with E-state index in [1.54, 1.807) is 0 Å². The van der Waals surface area contributed by atoms with Gasteiger partial charge in [-0.05, 0) is 11.5 Å². The summed E-state index contributed by atoms with van der Waals surface area (Å²) in [5, 5.41) is 11.0. The van der Waals surface area contributed by atoms with E-state index in [0.29, 0.717) is 13.0 Å². The summed E-state index contributed by atoms with van der Waals surface area (Å²) in [7, 11) is 0. The number of likely N-dealkylation sites (tertiary alicyclic amines) is 1. The van der Waals surface area contributed by atoms with Gasteiger partial charge in [0.2, 0.25) is 0 Å². The lowest BCUT2D eigenvalue weighted by molar-refractivity contribution is -0.148. The zero-order valence-electron chi connectivity index (χ0n) is 11.5. The first kappa shape index (κ1) is 14.4. The molecule has 0 saturated carbocycles. The second-order valence-corrected chi connectivity index (χ2v) is 5.04. The smallest absolute Gasteiger partial charge is 0.410 e. The van der Waals surface area contributed by atoms with E-state index in [2.05, 4.69) is 0 Å². The number of rotatable bonds is 4. The molecule has 0 bridgehead atoms. The highest BCUT2D eigenvalue weighted by Crippen LogP contribution is 2.27. The molecule has 107 valence electrons. The van der Waals surface area contributed by atoms with Crippen LogP contribution in [0.5, 0.6) is 0 Å². The Kier molecular flexibility index (Phi) is 4.61. The van der Waals surface area contributed by atoms with Crippen LogP contribution in [0.3, 0.4) is 0 Å². The topological polar surface area (TPSA) is 66.5 Å². The standard InChI is InChI=1S/C15H18NO4/c1-2-12-8-16(9-13(12)14(17)18)15(19)20-10-11-6-4-3-5-7-11/h3-7,12-13H,2,8-10H2,1H3/t12-,13+/m1/s1. The minimum absolute atomic E-state index is 0.0516. The van der Waals surface area contributed by atoms with Gasteiger partial charge in [0, 0.05) is 13.1 Å². The summed E-state index contributed by atoms with van der Waals surface area (Å²) in [5.74, 6) is -1.73. The molecule has 1 amide bonds. The van der Waals surface area contributed by atoms with Gasteiger partial charge in [0.1, 0.15) is 6.61 Å². The molecule has 1 heterocycles. The predicted molar refractivity (Wildman–Crippen MR) is 71.2 cm³/mol. The molecule has 5 nitrogen and oxygen atoms in total. The van der Waals surface area contributed by atoms with E-state index in [9.17, 15) is 14.7 Å². The molecule has 1 aliphatic rings. The first-order valence-electron chi connectivity index (χ1n) is 6.78. The minimum atomic E-state index is -1.09. The van der Waals surface area contributed by atoms with Crippen molar-refractivity contribution in [1.29, 1.82) is 0 Å². The largest absolute Gasteiger partial charge is 0.445 e. The second-order valence-electron chi connectivity index (χ2n) is 5.04. The maximum Gasteiger partial charge on any atom is 0.410 e. The van der Waals surface area contributed by atoms with Gasteiger partial charge in [-0.2, -0.15) is 0 Å².